The van der Waals surface area contributed by atoms with Crippen LogP contribution in [-0.4, -0.2) is 54.7 Å². The van der Waals surface area contributed by atoms with Gasteiger partial charge in [-0.25, -0.2) is 8.42 Å². The maximum absolute atomic E-state index is 14.6. The summed E-state index contributed by atoms with van der Waals surface area (Å²) in [7, 11) is -3.89. The van der Waals surface area contributed by atoms with Crippen LogP contribution in [0.4, 0.5) is 8.78 Å². The number of halogens is 2. The summed E-state index contributed by atoms with van der Waals surface area (Å²) in [6.45, 7) is 1.51. The molecule has 1 aromatic heterocycles. The zero-order valence-electron chi connectivity index (χ0n) is 16.8. The largest absolute Gasteiger partial charge is 0.349 e. The van der Waals surface area contributed by atoms with E-state index in [4.69, 9.17) is 0 Å². The highest BCUT2D eigenvalue weighted by molar-refractivity contribution is 7.89. The molecule has 0 N–H and O–H groups in total. The number of pyridine rings is 1. The minimum Gasteiger partial charge on any atom is -0.335 e. The number of nitrogens with zero attached hydrogens (tertiary/aromatic N) is 3. The standard InChI is InChI=1S/C22H21F2N3O3S/c1-16-14-17-6-5-9-19(20(17)25-15-16)31(29,30)27-12-10-26(11-13-27)21(28)22(23,24)18-7-3-2-4-8-18/h2-9,14-15H,10-13H2,1H3. The molecule has 1 fully saturated rings. The third-order valence-electron chi connectivity index (χ3n) is 5.36. The normalized spacial score (nSPS) is 15.9. The molecule has 2 aromatic carbocycles. The van der Waals surface area contributed by atoms with Gasteiger partial charge in [-0.3, -0.25) is 9.78 Å². The van der Waals surface area contributed by atoms with Gasteiger partial charge in [-0.2, -0.15) is 13.1 Å². The molecule has 0 atom stereocenters. The van der Waals surface area contributed by atoms with Gasteiger partial charge in [-0.1, -0.05) is 42.5 Å². The molecule has 1 saturated heterocycles. The molecule has 0 aliphatic carbocycles. The Bertz CT molecular complexity index is 1230. The molecule has 2 heterocycles. The van der Waals surface area contributed by atoms with Gasteiger partial charge >= 0.3 is 5.92 Å². The Morgan fingerprint density at radius 2 is 1.68 bits per heavy atom. The van der Waals surface area contributed by atoms with Crippen molar-refractivity contribution in [2.24, 2.45) is 0 Å². The van der Waals surface area contributed by atoms with Gasteiger partial charge in [0.15, 0.2) is 0 Å². The average Bonchev–Trinajstić information content (AvgIpc) is 2.78. The van der Waals surface area contributed by atoms with Crippen LogP contribution in [-0.2, 0) is 20.7 Å². The fourth-order valence-electron chi connectivity index (χ4n) is 3.69. The van der Waals surface area contributed by atoms with E-state index in [-0.39, 0.29) is 36.6 Å². The smallest absolute Gasteiger partial charge is 0.335 e. The maximum atomic E-state index is 14.6. The van der Waals surface area contributed by atoms with E-state index in [9.17, 15) is 22.0 Å². The Morgan fingerprint density at radius 1 is 1.00 bits per heavy atom. The van der Waals surface area contributed by atoms with Crippen LogP contribution in [0.2, 0.25) is 0 Å². The lowest BCUT2D eigenvalue weighted by atomic mass is 10.1. The lowest BCUT2D eigenvalue weighted by Crippen LogP contribution is -2.53. The topological polar surface area (TPSA) is 70.6 Å². The number of amides is 1. The van der Waals surface area contributed by atoms with Crippen molar-refractivity contribution in [3.05, 3.63) is 71.9 Å². The lowest BCUT2D eigenvalue weighted by Gasteiger charge is -2.35. The molecular formula is C22H21F2N3O3S. The summed E-state index contributed by atoms with van der Waals surface area (Å²) in [6, 6.07) is 13.7. The van der Waals surface area contributed by atoms with Crippen LogP contribution >= 0.6 is 0 Å². The highest BCUT2D eigenvalue weighted by Gasteiger charge is 2.45. The molecule has 31 heavy (non-hydrogen) atoms. The SMILES string of the molecule is Cc1cnc2c(S(=O)(=O)N3CCN(C(=O)C(F)(F)c4ccccc4)CC3)cccc2c1. The Morgan fingerprint density at radius 3 is 2.35 bits per heavy atom. The molecule has 0 saturated carbocycles. The zero-order chi connectivity index (χ0) is 22.2. The van der Waals surface area contributed by atoms with Gasteiger partial charge in [0.25, 0.3) is 5.91 Å². The molecule has 9 heteroatoms. The molecule has 1 amide bonds. The number of benzene rings is 2. The molecule has 1 aliphatic heterocycles. The minimum absolute atomic E-state index is 0.0683. The fourth-order valence-corrected chi connectivity index (χ4v) is 5.28. The molecule has 0 bridgehead atoms. The van der Waals surface area contributed by atoms with E-state index in [1.54, 1.807) is 24.4 Å². The third-order valence-corrected chi connectivity index (χ3v) is 7.29. The number of alkyl halides is 2. The summed E-state index contributed by atoms with van der Waals surface area (Å²) >= 11 is 0. The highest BCUT2D eigenvalue weighted by Crippen LogP contribution is 2.31. The average molecular weight is 445 g/mol. The molecule has 3 aromatic rings. The quantitative estimate of drug-likeness (QED) is 0.619. The Hall–Kier alpha value is -2.91. The monoisotopic (exact) mass is 445 g/mol. The summed E-state index contributed by atoms with van der Waals surface area (Å²) in [4.78, 5) is 17.8. The Labute approximate surface area is 179 Å². The second kappa shape index (κ2) is 7.97. The first-order valence-corrected chi connectivity index (χ1v) is 11.2. The van der Waals surface area contributed by atoms with E-state index in [0.717, 1.165) is 10.5 Å². The molecule has 6 nitrogen and oxygen atoms in total. The van der Waals surface area contributed by atoms with Crippen LogP contribution in [0.15, 0.2) is 65.7 Å². The van der Waals surface area contributed by atoms with Crippen molar-refractivity contribution in [3.8, 4) is 0 Å². The number of para-hydroxylation sites is 1. The lowest BCUT2D eigenvalue weighted by molar-refractivity contribution is -0.160. The number of fused-ring (bicyclic) bond motifs is 1. The Kier molecular flexibility index (Phi) is 5.49. The number of hydrogen-bond acceptors (Lipinski definition) is 4. The number of aromatic nitrogens is 1. The number of piperazine rings is 1. The molecule has 162 valence electrons. The van der Waals surface area contributed by atoms with Gasteiger partial charge in [0.2, 0.25) is 10.0 Å². The van der Waals surface area contributed by atoms with Crippen molar-refractivity contribution in [2.45, 2.75) is 17.7 Å². The molecule has 0 unspecified atom stereocenters. The summed E-state index contributed by atoms with van der Waals surface area (Å²) in [5.41, 5.74) is 0.892. The zero-order valence-corrected chi connectivity index (χ0v) is 17.6. The molecule has 1 aliphatic rings. The number of sulfonamides is 1. The van der Waals surface area contributed by atoms with Crippen molar-refractivity contribution in [1.29, 1.82) is 0 Å². The number of aryl methyl sites for hydroxylation is 1. The van der Waals surface area contributed by atoms with Crippen LogP contribution in [0.3, 0.4) is 0 Å². The van der Waals surface area contributed by atoms with Gasteiger partial charge in [0.05, 0.1) is 5.52 Å². The van der Waals surface area contributed by atoms with Crippen molar-refractivity contribution < 1.29 is 22.0 Å². The first-order chi connectivity index (χ1) is 14.7. The summed E-state index contributed by atoms with van der Waals surface area (Å²) in [5.74, 6) is -4.99. The number of rotatable bonds is 4. The van der Waals surface area contributed by atoms with Crippen LogP contribution in [0, 0.1) is 6.92 Å². The molecular weight excluding hydrogens is 424 g/mol. The summed E-state index contributed by atoms with van der Waals surface area (Å²) in [6.07, 6.45) is 1.60. The molecule has 0 spiro atoms. The summed E-state index contributed by atoms with van der Waals surface area (Å²) in [5, 5.41) is 0.706. The highest BCUT2D eigenvalue weighted by atomic mass is 32.2. The van der Waals surface area contributed by atoms with E-state index in [1.807, 2.05) is 13.0 Å². The predicted octanol–water partition coefficient (Wildman–Crippen LogP) is 3.17. The molecule has 4 rings (SSSR count). The van der Waals surface area contributed by atoms with Crippen molar-refractivity contribution in [1.82, 2.24) is 14.2 Å². The van der Waals surface area contributed by atoms with E-state index in [0.29, 0.717) is 10.9 Å². The second-order valence-corrected chi connectivity index (χ2v) is 9.38. The van der Waals surface area contributed by atoms with E-state index in [2.05, 4.69) is 4.98 Å². The molecule has 0 radical (unpaired) electrons. The van der Waals surface area contributed by atoms with Crippen LogP contribution in [0.25, 0.3) is 10.9 Å². The van der Waals surface area contributed by atoms with Crippen LogP contribution in [0.5, 0.6) is 0 Å². The predicted molar refractivity (Wildman–Crippen MR) is 112 cm³/mol. The number of hydrogen-bond donors (Lipinski definition) is 0. The second-order valence-electron chi connectivity index (χ2n) is 7.48. The van der Waals surface area contributed by atoms with Crippen molar-refractivity contribution >= 4 is 26.8 Å². The van der Waals surface area contributed by atoms with Gasteiger partial charge in [0, 0.05) is 43.3 Å². The van der Waals surface area contributed by atoms with Crippen molar-refractivity contribution in [2.75, 3.05) is 26.2 Å². The van der Waals surface area contributed by atoms with Gasteiger partial charge in [-0.15, -0.1) is 0 Å². The van der Waals surface area contributed by atoms with Gasteiger partial charge < -0.3 is 4.90 Å². The minimum atomic E-state index is -3.89. The first kappa shape index (κ1) is 21.3. The summed E-state index contributed by atoms with van der Waals surface area (Å²) < 4.78 is 56.9. The van der Waals surface area contributed by atoms with Gasteiger partial charge in [-0.05, 0) is 24.6 Å². The first-order valence-electron chi connectivity index (χ1n) is 9.79. The maximum Gasteiger partial charge on any atom is 0.349 e. The van der Waals surface area contributed by atoms with E-state index < -0.39 is 21.9 Å². The Balaban J connectivity index is 1.53. The van der Waals surface area contributed by atoms with Crippen LogP contribution < -0.4 is 0 Å². The van der Waals surface area contributed by atoms with Crippen molar-refractivity contribution in [3.63, 3.8) is 0 Å². The number of carbonyl (C=O) groups is 1. The van der Waals surface area contributed by atoms with Crippen LogP contribution in [0.1, 0.15) is 11.1 Å². The third kappa shape index (κ3) is 3.90. The number of carbonyl (C=O) groups excluding carboxylic acids is 1. The fraction of sp³-hybridized carbons (Fsp3) is 0.273. The van der Waals surface area contributed by atoms with E-state index >= 15 is 0 Å². The van der Waals surface area contributed by atoms with Gasteiger partial charge in [0.1, 0.15) is 4.90 Å². The van der Waals surface area contributed by atoms with E-state index in [1.165, 1.54) is 34.6 Å².